The SMILES string of the molecule is N#Cc1ccc(N2CCCC(NC(=O)NCc3cnn(-c4ccccc4)c3)C2)c(F)c1. The van der Waals surface area contributed by atoms with E-state index in [9.17, 15) is 9.18 Å². The normalized spacial score (nSPS) is 15.9. The lowest BCUT2D eigenvalue weighted by Crippen LogP contribution is -2.50. The van der Waals surface area contributed by atoms with Crippen LogP contribution < -0.4 is 15.5 Å². The van der Waals surface area contributed by atoms with E-state index >= 15 is 0 Å². The molecule has 1 aliphatic rings. The van der Waals surface area contributed by atoms with Gasteiger partial charge in [-0.1, -0.05) is 18.2 Å². The quantitative estimate of drug-likeness (QED) is 0.665. The second-order valence-electron chi connectivity index (χ2n) is 7.52. The van der Waals surface area contributed by atoms with Crippen molar-refractivity contribution in [1.82, 2.24) is 20.4 Å². The number of carbonyl (C=O) groups is 1. The number of rotatable bonds is 5. The molecule has 1 unspecified atom stereocenters. The molecule has 2 amide bonds. The van der Waals surface area contributed by atoms with Crippen molar-refractivity contribution >= 4 is 11.7 Å². The van der Waals surface area contributed by atoms with Crippen LogP contribution >= 0.6 is 0 Å². The summed E-state index contributed by atoms with van der Waals surface area (Å²) in [5.74, 6) is -0.417. The molecule has 7 nitrogen and oxygen atoms in total. The van der Waals surface area contributed by atoms with Gasteiger partial charge in [-0.25, -0.2) is 13.9 Å². The van der Waals surface area contributed by atoms with Gasteiger partial charge in [0, 0.05) is 37.4 Å². The lowest BCUT2D eigenvalue weighted by atomic mass is 10.0. The lowest BCUT2D eigenvalue weighted by Gasteiger charge is -2.35. The van der Waals surface area contributed by atoms with Crippen molar-refractivity contribution in [2.24, 2.45) is 0 Å². The fourth-order valence-electron chi connectivity index (χ4n) is 3.74. The van der Waals surface area contributed by atoms with E-state index in [0.29, 0.717) is 30.9 Å². The van der Waals surface area contributed by atoms with Gasteiger partial charge in [0.25, 0.3) is 0 Å². The molecule has 4 rings (SSSR count). The Morgan fingerprint density at radius 2 is 2.10 bits per heavy atom. The van der Waals surface area contributed by atoms with E-state index in [1.165, 1.54) is 6.07 Å². The van der Waals surface area contributed by atoms with E-state index in [1.54, 1.807) is 23.0 Å². The van der Waals surface area contributed by atoms with Gasteiger partial charge < -0.3 is 15.5 Å². The molecule has 1 aromatic heterocycles. The van der Waals surface area contributed by atoms with E-state index < -0.39 is 5.82 Å². The predicted octanol–water partition coefficient (Wildman–Crippen LogP) is 3.35. The van der Waals surface area contributed by atoms with Gasteiger partial charge in [-0.15, -0.1) is 0 Å². The average Bonchev–Trinajstić information content (AvgIpc) is 3.27. The Morgan fingerprint density at radius 3 is 2.87 bits per heavy atom. The summed E-state index contributed by atoms with van der Waals surface area (Å²) in [4.78, 5) is 14.3. The molecular formula is C23H23FN6O. The van der Waals surface area contributed by atoms with Crippen LogP contribution in [0.3, 0.4) is 0 Å². The number of piperidine rings is 1. The van der Waals surface area contributed by atoms with Crippen LogP contribution in [0.1, 0.15) is 24.0 Å². The first-order chi connectivity index (χ1) is 15.1. The summed E-state index contributed by atoms with van der Waals surface area (Å²) < 4.78 is 16.1. The Kier molecular flexibility index (Phi) is 6.13. The van der Waals surface area contributed by atoms with Crippen LogP contribution in [0.15, 0.2) is 60.9 Å². The number of aromatic nitrogens is 2. The molecule has 2 aromatic carbocycles. The number of hydrogen-bond acceptors (Lipinski definition) is 4. The first-order valence-electron chi connectivity index (χ1n) is 10.2. The van der Waals surface area contributed by atoms with E-state index in [2.05, 4.69) is 15.7 Å². The number of halogens is 1. The van der Waals surface area contributed by atoms with E-state index in [-0.39, 0.29) is 12.1 Å². The molecular weight excluding hydrogens is 395 g/mol. The molecule has 158 valence electrons. The molecule has 1 aliphatic heterocycles. The second kappa shape index (κ2) is 9.30. The number of anilines is 1. The zero-order chi connectivity index (χ0) is 21.6. The van der Waals surface area contributed by atoms with Gasteiger partial charge in [0.1, 0.15) is 5.82 Å². The molecule has 0 spiro atoms. The Labute approximate surface area is 180 Å². The molecule has 1 fully saturated rings. The Bertz CT molecular complexity index is 1090. The van der Waals surface area contributed by atoms with Crippen molar-refractivity contribution in [3.8, 4) is 11.8 Å². The molecule has 1 atom stereocenters. The standard InChI is InChI=1S/C23H23FN6O/c24-21-11-17(12-25)8-9-22(21)29-10-4-5-19(16-29)28-23(31)26-13-18-14-27-30(15-18)20-6-2-1-3-7-20/h1-3,6-9,11,14-15,19H,4-5,10,13,16H2,(H2,26,28,31). The van der Waals surface area contributed by atoms with E-state index in [0.717, 1.165) is 24.1 Å². The molecule has 31 heavy (non-hydrogen) atoms. The van der Waals surface area contributed by atoms with Gasteiger partial charge in [-0.3, -0.25) is 0 Å². The van der Waals surface area contributed by atoms with E-state index in [4.69, 9.17) is 5.26 Å². The van der Waals surface area contributed by atoms with Crippen molar-refractivity contribution < 1.29 is 9.18 Å². The average molecular weight is 418 g/mol. The maximum Gasteiger partial charge on any atom is 0.315 e. The summed E-state index contributed by atoms with van der Waals surface area (Å²) in [6, 6.07) is 15.8. The number of hydrogen-bond donors (Lipinski definition) is 2. The highest BCUT2D eigenvalue weighted by molar-refractivity contribution is 5.74. The lowest BCUT2D eigenvalue weighted by molar-refractivity contribution is 0.234. The monoisotopic (exact) mass is 418 g/mol. The van der Waals surface area contributed by atoms with Crippen molar-refractivity contribution in [1.29, 1.82) is 5.26 Å². The highest BCUT2D eigenvalue weighted by atomic mass is 19.1. The van der Waals surface area contributed by atoms with Crippen LogP contribution in [0.4, 0.5) is 14.9 Å². The van der Waals surface area contributed by atoms with Crippen LogP contribution in [0.5, 0.6) is 0 Å². The molecule has 2 N–H and O–H groups in total. The fraction of sp³-hybridized carbons (Fsp3) is 0.261. The molecule has 3 aromatic rings. The van der Waals surface area contributed by atoms with Crippen molar-refractivity contribution in [3.63, 3.8) is 0 Å². The van der Waals surface area contributed by atoms with Crippen LogP contribution in [0.2, 0.25) is 0 Å². The summed E-state index contributed by atoms with van der Waals surface area (Å²) >= 11 is 0. The molecule has 1 saturated heterocycles. The predicted molar refractivity (Wildman–Crippen MR) is 115 cm³/mol. The fourth-order valence-corrected chi connectivity index (χ4v) is 3.74. The minimum absolute atomic E-state index is 0.0872. The number of para-hydroxylation sites is 1. The highest BCUT2D eigenvalue weighted by Crippen LogP contribution is 2.24. The van der Waals surface area contributed by atoms with Gasteiger partial charge in [0.15, 0.2) is 0 Å². The topological polar surface area (TPSA) is 86.0 Å². The summed E-state index contributed by atoms with van der Waals surface area (Å²) in [5.41, 5.74) is 2.60. The maximum absolute atomic E-state index is 14.3. The van der Waals surface area contributed by atoms with Crippen molar-refractivity contribution in [3.05, 3.63) is 77.9 Å². The Morgan fingerprint density at radius 1 is 1.26 bits per heavy atom. The van der Waals surface area contributed by atoms with Gasteiger partial charge in [-0.05, 0) is 43.2 Å². The van der Waals surface area contributed by atoms with Gasteiger partial charge in [-0.2, -0.15) is 10.4 Å². The molecule has 0 bridgehead atoms. The zero-order valence-electron chi connectivity index (χ0n) is 17.0. The maximum atomic E-state index is 14.3. The largest absolute Gasteiger partial charge is 0.367 e. The van der Waals surface area contributed by atoms with Crippen molar-refractivity contribution in [2.75, 3.05) is 18.0 Å². The van der Waals surface area contributed by atoms with Crippen LogP contribution in [0.25, 0.3) is 5.69 Å². The third kappa shape index (κ3) is 5.01. The zero-order valence-corrected chi connectivity index (χ0v) is 17.0. The number of urea groups is 1. The summed E-state index contributed by atoms with van der Waals surface area (Å²) in [6.07, 6.45) is 5.27. The molecule has 0 saturated carbocycles. The van der Waals surface area contributed by atoms with Gasteiger partial charge in [0.2, 0.25) is 0 Å². The second-order valence-corrected chi connectivity index (χ2v) is 7.52. The third-order valence-corrected chi connectivity index (χ3v) is 5.28. The Balaban J connectivity index is 1.30. The number of nitrogens with zero attached hydrogens (tertiary/aromatic N) is 4. The first-order valence-corrected chi connectivity index (χ1v) is 10.2. The van der Waals surface area contributed by atoms with Crippen molar-refractivity contribution in [2.45, 2.75) is 25.4 Å². The smallest absolute Gasteiger partial charge is 0.315 e. The van der Waals surface area contributed by atoms with Gasteiger partial charge in [0.05, 0.1) is 29.2 Å². The summed E-state index contributed by atoms with van der Waals surface area (Å²) in [6.45, 7) is 1.59. The molecule has 8 heteroatoms. The van der Waals surface area contributed by atoms with Crippen LogP contribution in [-0.4, -0.2) is 34.9 Å². The van der Waals surface area contributed by atoms with Gasteiger partial charge >= 0.3 is 6.03 Å². The first kappa shape index (κ1) is 20.4. The summed E-state index contributed by atoms with van der Waals surface area (Å²) in [7, 11) is 0. The number of carbonyl (C=O) groups excluding carboxylic acids is 1. The van der Waals surface area contributed by atoms with Crippen LogP contribution in [-0.2, 0) is 6.54 Å². The number of nitriles is 1. The minimum atomic E-state index is -0.417. The number of benzene rings is 2. The third-order valence-electron chi connectivity index (χ3n) is 5.28. The minimum Gasteiger partial charge on any atom is -0.367 e. The van der Waals surface area contributed by atoms with Crippen LogP contribution in [0, 0.1) is 17.1 Å². The highest BCUT2D eigenvalue weighted by Gasteiger charge is 2.23. The number of amides is 2. The molecule has 0 radical (unpaired) electrons. The molecule has 2 heterocycles. The summed E-state index contributed by atoms with van der Waals surface area (Å²) in [5, 5.41) is 19.1. The van der Waals surface area contributed by atoms with E-state index in [1.807, 2.05) is 47.5 Å². The molecule has 0 aliphatic carbocycles. The number of nitrogens with one attached hydrogen (secondary N) is 2. The Hall–Kier alpha value is -3.86.